The highest BCUT2D eigenvalue weighted by atomic mass is 32.1. The number of halogens is 1. The number of hydrogen-bond acceptors (Lipinski definition) is 5. The minimum absolute atomic E-state index is 0.0607. The maximum atomic E-state index is 13.5. The van der Waals surface area contributed by atoms with Gasteiger partial charge >= 0.3 is 0 Å². The molecule has 2 heterocycles. The molecule has 0 spiro atoms. The van der Waals surface area contributed by atoms with Gasteiger partial charge in [0.15, 0.2) is 11.5 Å². The van der Waals surface area contributed by atoms with E-state index in [0.717, 1.165) is 10.4 Å². The molecule has 1 aromatic heterocycles. The van der Waals surface area contributed by atoms with Gasteiger partial charge in [0.2, 0.25) is 12.7 Å². The summed E-state index contributed by atoms with van der Waals surface area (Å²) in [7, 11) is 0. The maximum Gasteiger partial charge on any atom is 0.254 e. The lowest BCUT2D eigenvalue weighted by atomic mass is 10.1. The van der Waals surface area contributed by atoms with E-state index in [9.17, 15) is 14.0 Å². The molecule has 8 heteroatoms. The standard InChI is InChI=1S/C26H27FN2O4S/c1-3-18(2)29(26(31)20-8-11-23-24(13-20)33-17-32-23)16-25(30)28(15-22-5-4-12-34-22)14-19-6-9-21(27)10-7-19/h4-13,18H,3,14-17H2,1-2H3. The Labute approximate surface area is 202 Å². The SMILES string of the molecule is CCC(C)N(CC(=O)N(Cc1ccc(F)cc1)Cc1cccs1)C(=O)c1ccc2c(c1)OCO2. The summed E-state index contributed by atoms with van der Waals surface area (Å²) >= 11 is 1.57. The van der Waals surface area contributed by atoms with Crippen LogP contribution in [0.4, 0.5) is 4.39 Å². The Balaban J connectivity index is 1.55. The normalized spacial score (nSPS) is 12.9. The predicted molar refractivity (Wildman–Crippen MR) is 128 cm³/mol. The Hall–Kier alpha value is -3.39. The van der Waals surface area contributed by atoms with Crippen molar-refractivity contribution in [2.45, 2.75) is 39.4 Å². The molecule has 3 aromatic rings. The van der Waals surface area contributed by atoms with E-state index in [1.54, 1.807) is 51.5 Å². The monoisotopic (exact) mass is 482 g/mol. The Bertz CT molecular complexity index is 1130. The molecule has 1 aliphatic heterocycles. The molecule has 1 atom stereocenters. The van der Waals surface area contributed by atoms with Gasteiger partial charge in [0.05, 0.1) is 6.54 Å². The number of nitrogens with zero attached hydrogens (tertiary/aromatic N) is 2. The maximum absolute atomic E-state index is 13.5. The van der Waals surface area contributed by atoms with Crippen molar-refractivity contribution in [2.24, 2.45) is 0 Å². The van der Waals surface area contributed by atoms with Crippen LogP contribution >= 0.6 is 11.3 Å². The smallest absolute Gasteiger partial charge is 0.254 e. The van der Waals surface area contributed by atoms with Crippen LogP contribution < -0.4 is 9.47 Å². The fourth-order valence-corrected chi connectivity index (χ4v) is 4.44. The Morgan fingerprint density at radius 2 is 1.82 bits per heavy atom. The van der Waals surface area contributed by atoms with Gasteiger partial charge in [-0.05, 0) is 60.7 Å². The summed E-state index contributed by atoms with van der Waals surface area (Å²) in [6.07, 6.45) is 0.701. The highest BCUT2D eigenvalue weighted by Gasteiger charge is 2.27. The predicted octanol–water partition coefficient (Wildman–Crippen LogP) is 5.09. The highest BCUT2D eigenvalue weighted by molar-refractivity contribution is 7.09. The van der Waals surface area contributed by atoms with E-state index in [1.165, 1.54) is 12.1 Å². The average molecular weight is 483 g/mol. The zero-order valence-corrected chi connectivity index (χ0v) is 20.0. The van der Waals surface area contributed by atoms with Crippen molar-refractivity contribution >= 4 is 23.2 Å². The molecule has 0 radical (unpaired) electrons. The number of hydrogen-bond donors (Lipinski definition) is 0. The highest BCUT2D eigenvalue weighted by Crippen LogP contribution is 2.33. The molecule has 2 aromatic carbocycles. The first kappa shape index (κ1) is 23.8. The Kier molecular flexibility index (Phi) is 7.47. The average Bonchev–Trinajstić information content (AvgIpc) is 3.54. The summed E-state index contributed by atoms with van der Waals surface area (Å²) < 4.78 is 24.1. The molecule has 0 saturated heterocycles. The minimum Gasteiger partial charge on any atom is -0.454 e. The van der Waals surface area contributed by atoms with Crippen LogP contribution in [0.15, 0.2) is 60.0 Å². The van der Waals surface area contributed by atoms with Crippen molar-refractivity contribution in [2.75, 3.05) is 13.3 Å². The topological polar surface area (TPSA) is 59.1 Å². The molecule has 34 heavy (non-hydrogen) atoms. The first-order valence-electron chi connectivity index (χ1n) is 11.2. The van der Waals surface area contributed by atoms with Gasteiger partial charge in [-0.15, -0.1) is 11.3 Å². The van der Waals surface area contributed by atoms with Crippen molar-refractivity contribution in [3.05, 3.63) is 81.8 Å². The summed E-state index contributed by atoms with van der Waals surface area (Å²) in [6.45, 7) is 4.72. The molecular weight excluding hydrogens is 455 g/mol. The lowest BCUT2D eigenvalue weighted by molar-refractivity contribution is -0.133. The van der Waals surface area contributed by atoms with E-state index in [2.05, 4.69) is 0 Å². The summed E-state index contributed by atoms with van der Waals surface area (Å²) in [4.78, 5) is 31.3. The summed E-state index contributed by atoms with van der Waals surface area (Å²) in [6, 6.07) is 15.0. The van der Waals surface area contributed by atoms with Gasteiger partial charge < -0.3 is 19.3 Å². The van der Waals surface area contributed by atoms with Crippen LogP contribution in [0.1, 0.15) is 41.1 Å². The number of benzene rings is 2. The van der Waals surface area contributed by atoms with Crippen molar-refractivity contribution in [1.82, 2.24) is 9.80 Å². The first-order chi connectivity index (χ1) is 16.4. The summed E-state index contributed by atoms with van der Waals surface area (Å²) in [5.74, 6) is 0.393. The van der Waals surface area contributed by atoms with E-state index >= 15 is 0 Å². The number of amides is 2. The molecule has 1 aliphatic rings. The number of thiophene rings is 1. The quantitative estimate of drug-likeness (QED) is 0.427. The number of ether oxygens (including phenoxy) is 2. The van der Waals surface area contributed by atoms with Gasteiger partial charge in [0.25, 0.3) is 5.91 Å². The summed E-state index contributed by atoms with van der Waals surface area (Å²) in [5, 5.41) is 1.96. The molecule has 2 amide bonds. The van der Waals surface area contributed by atoms with E-state index in [-0.39, 0.29) is 37.0 Å². The van der Waals surface area contributed by atoms with Crippen molar-refractivity contribution in [3.63, 3.8) is 0 Å². The van der Waals surface area contributed by atoms with Crippen molar-refractivity contribution < 1.29 is 23.5 Å². The third-order valence-corrected chi connectivity index (χ3v) is 6.74. The zero-order valence-electron chi connectivity index (χ0n) is 19.2. The fourth-order valence-electron chi connectivity index (χ4n) is 3.72. The van der Waals surface area contributed by atoms with E-state index in [4.69, 9.17) is 9.47 Å². The number of carbonyl (C=O) groups excluding carboxylic acids is 2. The number of rotatable bonds is 9. The molecule has 0 saturated carbocycles. The van der Waals surface area contributed by atoms with E-state index in [0.29, 0.717) is 36.6 Å². The second kappa shape index (κ2) is 10.7. The van der Waals surface area contributed by atoms with Gasteiger partial charge in [0, 0.05) is 23.0 Å². The Morgan fingerprint density at radius 1 is 1.06 bits per heavy atom. The molecule has 178 valence electrons. The van der Waals surface area contributed by atoms with Crippen LogP contribution in [0.3, 0.4) is 0 Å². The van der Waals surface area contributed by atoms with Gasteiger partial charge in [-0.25, -0.2) is 4.39 Å². The lowest BCUT2D eigenvalue weighted by Gasteiger charge is -2.31. The van der Waals surface area contributed by atoms with Gasteiger partial charge in [-0.1, -0.05) is 25.1 Å². The third-order valence-electron chi connectivity index (χ3n) is 5.88. The fraction of sp³-hybridized carbons (Fsp3) is 0.308. The molecule has 1 unspecified atom stereocenters. The second-order valence-electron chi connectivity index (χ2n) is 8.21. The van der Waals surface area contributed by atoms with Crippen LogP contribution in [-0.4, -0.2) is 41.0 Å². The second-order valence-corrected chi connectivity index (χ2v) is 9.25. The molecule has 0 aliphatic carbocycles. The van der Waals surface area contributed by atoms with E-state index < -0.39 is 0 Å². The van der Waals surface area contributed by atoms with Gasteiger partial charge in [0.1, 0.15) is 12.4 Å². The third kappa shape index (κ3) is 5.56. The molecular formula is C26H27FN2O4S. The Morgan fingerprint density at radius 3 is 2.53 bits per heavy atom. The first-order valence-corrected chi connectivity index (χ1v) is 12.1. The van der Waals surface area contributed by atoms with Crippen LogP contribution in [0.25, 0.3) is 0 Å². The summed E-state index contributed by atoms with van der Waals surface area (Å²) in [5.41, 5.74) is 1.27. The van der Waals surface area contributed by atoms with Crippen molar-refractivity contribution in [1.29, 1.82) is 0 Å². The largest absolute Gasteiger partial charge is 0.454 e. The number of carbonyl (C=O) groups is 2. The molecule has 6 nitrogen and oxygen atoms in total. The van der Waals surface area contributed by atoms with E-state index in [1.807, 2.05) is 31.4 Å². The van der Waals surface area contributed by atoms with Gasteiger partial charge in [-0.3, -0.25) is 9.59 Å². The van der Waals surface area contributed by atoms with Crippen LogP contribution in [-0.2, 0) is 17.9 Å². The lowest BCUT2D eigenvalue weighted by Crippen LogP contribution is -2.46. The van der Waals surface area contributed by atoms with Crippen LogP contribution in [0.2, 0.25) is 0 Å². The van der Waals surface area contributed by atoms with Crippen molar-refractivity contribution in [3.8, 4) is 11.5 Å². The number of fused-ring (bicyclic) bond motifs is 1. The molecule has 0 N–H and O–H groups in total. The molecule has 0 fully saturated rings. The van der Waals surface area contributed by atoms with Gasteiger partial charge in [-0.2, -0.15) is 0 Å². The van der Waals surface area contributed by atoms with Crippen LogP contribution in [0.5, 0.6) is 11.5 Å². The molecule has 4 rings (SSSR count). The minimum atomic E-state index is -0.322. The zero-order chi connectivity index (χ0) is 24.1. The molecule has 0 bridgehead atoms. The van der Waals surface area contributed by atoms with Crippen LogP contribution in [0, 0.1) is 5.82 Å².